The molecule has 1 aliphatic rings. The summed E-state index contributed by atoms with van der Waals surface area (Å²) >= 11 is 1.29. The summed E-state index contributed by atoms with van der Waals surface area (Å²) in [4.78, 5) is 43.8. The van der Waals surface area contributed by atoms with Gasteiger partial charge >= 0.3 is 17.9 Å². The van der Waals surface area contributed by atoms with E-state index in [1.54, 1.807) is 30.7 Å². The average Bonchev–Trinajstić information content (AvgIpc) is 2.73. The molecule has 0 aromatic carbocycles. The van der Waals surface area contributed by atoms with Gasteiger partial charge in [0.2, 0.25) is 0 Å². The van der Waals surface area contributed by atoms with Gasteiger partial charge in [0.05, 0.1) is 0 Å². The highest BCUT2D eigenvalue weighted by Gasteiger charge is 2.48. The highest BCUT2D eigenvalue weighted by molar-refractivity contribution is 7.99. The maximum Gasteiger partial charge on any atom is 0.303 e. The first kappa shape index (κ1) is 23.5. The predicted molar refractivity (Wildman–Crippen MR) is 116 cm³/mol. The number of aromatic nitrogens is 2. The number of aryl methyl sites for hydroxylation is 1. The maximum absolute atomic E-state index is 11.9. The minimum absolute atomic E-state index is 0.279. The Morgan fingerprint density at radius 2 is 1.66 bits per heavy atom. The molecule has 1 fully saturated rings. The third-order valence-corrected chi connectivity index (χ3v) is 5.79. The molecule has 32 heavy (non-hydrogen) atoms. The molecule has 0 radical (unpaired) electrons. The Hall–Kier alpha value is -3.14. The van der Waals surface area contributed by atoms with E-state index in [1.807, 2.05) is 13.0 Å². The van der Waals surface area contributed by atoms with Crippen LogP contribution in [0.15, 0.2) is 36.8 Å². The third kappa shape index (κ3) is 5.76. The first-order valence-electron chi connectivity index (χ1n) is 9.92. The van der Waals surface area contributed by atoms with Gasteiger partial charge in [-0.15, -0.1) is 11.8 Å². The zero-order valence-electron chi connectivity index (χ0n) is 18.1. The van der Waals surface area contributed by atoms with Gasteiger partial charge < -0.3 is 18.9 Å². The van der Waals surface area contributed by atoms with Crippen molar-refractivity contribution in [1.29, 1.82) is 0 Å². The second-order valence-corrected chi connectivity index (χ2v) is 8.29. The van der Waals surface area contributed by atoms with E-state index >= 15 is 0 Å². The molecule has 1 aliphatic heterocycles. The Balaban J connectivity index is 1.97. The van der Waals surface area contributed by atoms with Crippen LogP contribution in [-0.4, -0.2) is 57.4 Å². The molecule has 0 saturated carbocycles. The smallest absolute Gasteiger partial charge is 0.303 e. The van der Waals surface area contributed by atoms with Crippen molar-refractivity contribution < 1.29 is 33.3 Å². The lowest BCUT2D eigenvalue weighted by atomic mass is 10.1. The molecule has 0 N–H and O–H groups in total. The molecule has 0 aliphatic carbocycles. The van der Waals surface area contributed by atoms with Crippen LogP contribution in [0.25, 0.3) is 11.3 Å². The summed E-state index contributed by atoms with van der Waals surface area (Å²) < 4.78 is 22.6. The molecule has 2 aromatic heterocycles. The largest absolute Gasteiger partial charge is 0.473 e. The number of carbonyl (C=O) groups is 3. The van der Waals surface area contributed by atoms with Gasteiger partial charge in [-0.25, -0.2) is 0 Å². The van der Waals surface area contributed by atoms with Crippen LogP contribution >= 0.6 is 11.8 Å². The van der Waals surface area contributed by atoms with Gasteiger partial charge in [0, 0.05) is 50.7 Å². The number of hydrogen-bond acceptors (Lipinski definition) is 10. The number of hydrogen-bond donors (Lipinski definition) is 0. The number of pyridine rings is 2. The van der Waals surface area contributed by atoms with Crippen molar-refractivity contribution in [3.8, 4) is 17.0 Å². The van der Waals surface area contributed by atoms with E-state index in [0.717, 1.165) is 11.1 Å². The molecule has 4 atom stereocenters. The Morgan fingerprint density at radius 1 is 0.969 bits per heavy atom. The van der Waals surface area contributed by atoms with Gasteiger partial charge in [-0.2, -0.15) is 0 Å². The summed E-state index contributed by atoms with van der Waals surface area (Å²) in [7, 11) is 0. The Labute approximate surface area is 189 Å². The third-order valence-electron chi connectivity index (χ3n) is 4.58. The quantitative estimate of drug-likeness (QED) is 0.471. The zero-order chi connectivity index (χ0) is 23.3. The van der Waals surface area contributed by atoms with Crippen LogP contribution in [0.4, 0.5) is 0 Å². The highest BCUT2D eigenvalue weighted by atomic mass is 32.2. The van der Waals surface area contributed by atoms with Crippen molar-refractivity contribution in [3.05, 3.63) is 42.4 Å². The van der Waals surface area contributed by atoms with Crippen molar-refractivity contribution >= 4 is 29.7 Å². The van der Waals surface area contributed by atoms with E-state index < -0.39 is 41.7 Å². The second kappa shape index (κ2) is 10.4. The molecule has 3 rings (SSSR count). The fourth-order valence-corrected chi connectivity index (χ4v) is 4.53. The molecule has 3 heterocycles. The molecule has 0 unspecified atom stereocenters. The molecule has 1 saturated heterocycles. The normalized spacial score (nSPS) is 22.5. The molecule has 2 aromatic rings. The molecular weight excluding hydrogens is 436 g/mol. The van der Waals surface area contributed by atoms with Crippen LogP contribution in [0, 0.1) is 6.92 Å². The SMILES string of the molecule is CC(=O)O[C@@H]1[C@@H](OC(C)=O)[C@H](OC(C)=O)CS[C@H]1Oc1c(C)ccnc1-c1cccnc1. The fourth-order valence-electron chi connectivity index (χ4n) is 3.33. The minimum atomic E-state index is -1.02. The van der Waals surface area contributed by atoms with Crippen molar-refractivity contribution in [2.45, 2.75) is 51.4 Å². The topological polar surface area (TPSA) is 114 Å². The standard InChI is InChI=1S/C22H24N2O7S/c1-12-7-9-24-18(16-6-5-8-23-10-16)19(12)31-22-21(30-15(4)27)20(29-14(3)26)17(11-32-22)28-13(2)25/h5-10,17,20-22H,11H2,1-4H3/t17-,20+,21-,22-/m1/s1. The Kier molecular flexibility index (Phi) is 7.68. The van der Waals surface area contributed by atoms with Crippen LogP contribution < -0.4 is 4.74 Å². The van der Waals surface area contributed by atoms with Crippen LogP contribution in [0.5, 0.6) is 5.75 Å². The van der Waals surface area contributed by atoms with Crippen LogP contribution in [0.3, 0.4) is 0 Å². The van der Waals surface area contributed by atoms with Crippen molar-refractivity contribution in [3.63, 3.8) is 0 Å². The van der Waals surface area contributed by atoms with Gasteiger partial charge in [0.25, 0.3) is 0 Å². The first-order chi connectivity index (χ1) is 15.3. The number of nitrogens with zero attached hydrogens (tertiary/aromatic N) is 2. The monoisotopic (exact) mass is 460 g/mol. The number of thioether (sulfide) groups is 1. The minimum Gasteiger partial charge on any atom is -0.473 e. The summed E-state index contributed by atoms with van der Waals surface area (Å²) in [5.74, 6) is -0.941. The summed E-state index contributed by atoms with van der Waals surface area (Å²) in [5.41, 5.74) is 1.40. The van der Waals surface area contributed by atoms with Crippen LogP contribution in [0.1, 0.15) is 26.3 Å². The molecule has 170 valence electrons. The lowest BCUT2D eigenvalue weighted by Gasteiger charge is -2.40. The zero-order valence-corrected chi connectivity index (χ0v) is 19.0. The summed E-state index contributed by atoms with van der Waals surface area (Å²) in [6, 6.07) is 5.45. The summed E-state index contributed by atoms with van der Waals surface area (Å²) in [6.07, 6.45) is 2.17. The maximum atomic E-state index is 11.9. The van der Waals surface area contributed by atoms with Gasteiger partial charge in [-0.3, -0.25) is 24.4 Å². The average molecular weight is 461 g/mol. The van der Waals surface area contributed by atoms with E-state index in [2.05, 4.69) is 9.97 Å². The van der Waals surface area contributed by atoms with Crippen LogP contribution in [0.2, 0.25) is 0 Å². The van der Waals surface area contributed by atoms with E-state index in [9.17, 15) is 14.4 Å². The van der Waals surface area contributed by atoms with Gasteiger partial charge in [0.1, 0.15) is 11.4 Å². The van der Waals surface area contributed by atoms with Crippen molar-refractivity contribution in [2.75, 3.05) is 5.75 Å². The number of carbonyl (C=O) groups excluding carboxylic acids is 3. The summed E-state index contributed by atoms with van der Waals surface area (Å²) in [6.45, 7) is 5.62. The molecular formula is C22H24N2O7S. The Bertz CT molecular complexity index is 985. The van der Waals surface area contributed by atoms with Gasteiger partial charge in [-0.1, -0.05) is 0 Å². The van der Waals surface area contributed by atoms with E-state index in [4.69, 9.17) is 18.9 Å². The van der Waals surface area contributed by atoms with E-state index in [0.29, 0.717) is 11.4 Å². The second-order valence-electron chi connectivity index (χ2n) is 7.16. The highest BCUT2D eigenvalue weighted by Crippen LogP contribution is 2.38. The van der Waals surface area contributed by atoms with E-state index in [1.165, 1.54) is 32.5 Å². The van der Waals surface area contributed by atoms with Crippen molar-refractivity contribution in [2.24, 2.45) is 0 Å². The molecule has 9 nitrogen and oxygen atoms in total. The lowest BCUT2D eigenvalue weighted by Crippen LogP contribution is -2.55. The summed E-state index contributed by atoms with van der Waals surface area (Å²) in [5, 5.41) is 0. The lowest BCUT2D eigenvalue weighted by molar-refractivity contribution is -0.186. The number of rotatable bonds is 6. The number of esters is 3. The predicted octanol–water partition coefficient (Wildman–Crippen LogP) is 2.70. The van der Waals surface area contributed by atoms with Gasteiger partial charge in [-0.05, 0) is 30.7 Å². The molecule has 0 bridgehead atoms. The van der Waals surface area contributed by atoms with Crippen molar-refractivity contribution in [1.82, 2.24) is 9.97 Å². The fraction of sp³-hybridized carbons (Fsp3) is 0.409. The Morgan fingerprint density at radius 3 is 2.28 bits per heavy atom. The van der Waals surface area contributed by atoms with Crippen LogP contribution in [-0.2, 0) is 28.6 Å². The number of ether oxygens (including phenoxy) is 4. The van der Waals surface area contributed by atoms with Gasteiger partial charge in [0.15, 0.2) is 23.7 Å². The first-order valence-corrected chi connectivity index (χ1v) is 11.0. The molecule has 10 heteroatoms. The van der Waals surface area contributed by atoms with E-state index in [-0.39, 0.29) is 5.75 Å². The molecule has 0 amide bonds. The molecule has 0 spiro atoms.